The molecule has 0 aliphatic heterocycles. The summed E-state index contributed by atoms with van der Waals surface area (Å²) < 4.78 is 1.11. The van der Waals surface area contributed by atoms with Crippen LogP contribution in [0.5, 0.6) is 0 Å². The van der Waals surface area contributed by atoms with Crippen molar-refractivity contribution in [1.82, 2.24) is 4.98 Å². The molecule has 16 heavy (non-hydrogen) atoms. The summed E-state index contributed by atoms with van der Waals surface area (Å²) in [4.78, 5) is 5.26. The smallest absolute Gasteiger partial charge is 0.146 e. The van der Waals surface area contributed by atoms with Crippen LogP contribution in [0.2, 0.25) is 0 Å². The maximum atomic E-state index is 4.27. The number of thiophene rings is 1. The Morgan fingerprint density at radius 2 is 2.25 bits per heavy atom. The van der Waals surface area contributed by atoms with Gasteiger partial charge in [-0.1, -0.05) is 6.07 Å². The van der Waals surface area contributed by atoms with Crippen LogP contribution in [-0.4, -0.2) is 10.7 Å². The van der Waals surface area contributed by atoms with Gasteiger partial charge in [-0.25, -0.2) is 4.98 Å². The van der Waals surface area contributed by atoms with E-state index in [4.69, 9.17) is 0 Å². The van der Waals surface area contributed by atoms with Gasteiger partial charge in [0.25, 0.3) is 0 Å². The van der Waals surface area contributed by atoms with E-state index in [0.29, 0.717) is 0 Å². The minimum absolute atomic E-state index is 0.748. The molecule has 2 aromatic heterocycles. The SMILES string of the molecule is C/C(=N\Nc1ccccn1)c1ccc(Br)s1. The van der Waals surface area contributed by atoms with E-state index in [-0.39, 0.29) is 0 Å². The molecular weight excluding hydrogens is 286 g/mol. The topological polar surface area (TPSA) is 37.3 Å². The number of halogens is 1. The van der Waals surface area contributed by atoms with Crippen molar-refractivity contribution in [2.24, 2.45) is 5.10 Å². The van der Waals surface area contributed by atoms with Crippen LogP contribution < -0.4 is 5.43 Å². The highest BCUT2D eigenvalue weighted by Gasteiger charge is 2.00. The molecule has 0 saturated carbocycles. The average molecular weight is 296 g/mol. The van der Waals surface area contributed by atoms with E-state index >= 15 is 0 Å². The molecule has 0 saturated heterocycles. The van der Waals surface area contributed by atoms with Gasteiger partial charge in [-0.05, 0) is 47.1 Å². The van der Waals surface area contributed by atoms with E-state index in [9.17, 15) is 0 Å². The highest BCUT2D eigenvalue weighted by atomic mass is 79.9. The minimum atomic E-state index is 0.748. The molecule has 5 heteroatoms. The predicted molar refractivity (Wildman–Crippen MR) is 72.1 cm³/mol. The van der Waals surface area contributed by atoms with E-state index in [1.807, 2.05) is 37.3 Å². The Kier molecular flexibility index (Phi) is 3.69. The molecule has 0 spiro atoms. The normalized spacial score (nSPS) is 11.5. The Bertz CT molecular complexity index is 493. The monoisotopic (exact) mass is 295 g/mol. The van der Waals surface area contributed by atoms with Gasteiger partial charge in [0.2, 0.25) is 0 Å². The molecule has 0 amide bonds. The fraction of sp³-hybridized carbons (Fsp3) is 0.0909. The number of anilines is 1. The van der Waals surface area contributed by atoms with Gasteiger partial charge in [0.1, 0.15) is 5.82 Å². The molecule has 0 aliphatic rings. The molecule has 0 atom stereocenters. The Morgan fingerprint density at radius 1 is 1.38 bits per heavy atom. The first-order valence-electron chi connectivity index (χ1n) is 4.73. The molecule has 0 aromatic carbocycles. The number of hydrogen-bond acceptors (Lipinski definition) is 4. The van der Waals surface area contributed by atoms with E-state index in [2.05, 4.69) is 31.4 Å². The van der Waals surface area contributed by atoms with Crippen molar-refractivity contribution >= 4 is 38.8 Å². The highest BCUT2D eigenvalue weighted by molar-refractivity contribution is 9.11. The summed E-state index contributed by atoms with van der Waals surface area (Å²) in [6, 6.07) is 9.72. The summed E-state index contributed by atoms with van der Waals surface area (Å²) >= 11 is 5.08. The van der Waals surface area contributed by atoms with Crippen LogP contribution in [0, 0.1) is 0 Å². The molecule has 1 N–H and O–H groups in total. The zero-order valence-electron chi connectivity index (χ0n) is 8.64. The quantitative estimate of drug-likeness (QED) is 0.692. The van der Waals surface area contributed by atoms with Crippen molar-refractivity contribution in [3.05, 3.63) is 45.2 Å². The van der Waals surface area contributed by atoms with Gasteiger partial charge >= 0.3 is 0 Å². The van der Waals surface area contributed by atoms with Crippen molar-refractivity contribution in [3.8, 4) is 0 Å². The first-order chi connectivity index (χ1) is 7.75. The second-order valence-corrected chi connectivity index (χ2v) is 5.59. The standard InChI is InChI=1S/C11H10BrN3S/c1-8(9-5-6-10(12)16-9)14-15-11-4-2-3-7-13-11/h2-7H,1H3,(H,13,15)/b14-8+. The number of aromatic nitrogens is 1. The van der Waals surface area contributed by atoms with E-state index in [1.165, 1.54) is 0 Å². The van der Waals surface area contributed by atoms with Crippen LogP contribution in [0.15, 0.2) is 45.4 Å². The van der Waals surface area contributed by atoms with Crippen LogP contribution in [0.25, 0.3) is 0 Å². The summed E-state index contributed by atoms with van der Waals surface area (Å²) in [5.41, 5.74) is 3.87. The lowest BCUT2D eigenvalue weighted by atomic mass is 10.3. The second-order valence-electron chi connectivity index (χ2n) is 3.13. The average Bonchev–Trinajstić information content (AvgIpc) is 2.74. The first kappa shape index (κ1) is 11.3. The Balaban J connectivity index is 2.08. The van der Waals surface area contributed by atoms with Crippen LogP contribution >= 0.6 is 27.3 Å². The fourth-order valence-corrected chi connectivity index (χ4v) is 2.46. The molecular formula is C11H10BrN3S. The van der Waals surface area contributed by atoms with Gasteiger partial charge in [-0.2, -0.15) is 5.10 Å². The summed E-state index contributed by atoms with van der Waals surface area (Å²) in [6.07, 6.45) is 1.73. The Hall–Kier alpha value is -1.20. The minimum Gasteiger partial charge on any atom is -0.261 e. The Labute approximate surface area is 106 Å². The summed E-state index contributed by atoms with van der Waals surface area (Å²) in [5.74, 6) is 0.748. The largest absolute Gasteiger partial charge is 0.261 e. The van der Waals surface area contributed by atoms with Gasteiger partial charge in [0.15, 0.2) is 0 Å². The van der Waals surface area contributed by atoms with Gasteiger partial charge in [0, 0.05) is 6.20 Å². The van der Waals surface area contributed by atoms with E-state index < -0.39 is 0 Å². The van der Waals surface area contributed by atoms with Gasteiger partial charge in [0.05, 0.1) is 14.4 Å². The van der Waals surface area contributed by atoms with E-state index in [0.717, 1.165) is 20.2 Å². The molecule has 0 fully saturated rings. The molecule has 82 valence electrons. The van der Waals surface area contributed by atoms with Crippen molar-refractivity contribution in [2.75, 3.05) is 5.43 Å². The number of hydrogen-bond donors (Lipinski definition) is 1. The lowest BCUT2D eigenvalue weighted by Gasteiger charge is -1.99. The summed E-state index contributed by atoms with van der Waals surface area (Å²) in [6.45, 7) is 1.97. The van der Waals surface area contributed by atoms with Crippen LogP contribution in [0.3, 0.4) is 0 Å². The Morgan fingerprint density at radius 3 is 2.88 bits per heavy atom. The zero-order chi connectivity index (χ0) is 11.4. The molecule has 0 unspecified atom stereocenters. The summed E-state index contributed by atoms with van der Waals surface area (Å²) in [7, 11) is 0. The maximum Gasteiger partial charge on any atom is 0.146 e. The lowest BCUT2D eigenvalue weighted by Crippen LogP contribution is -1.98. The first-order valence-corrected chi connectivity index (χ1v) is 6.34. The molecule has 0 radical (unpaired) electrons. The highest BCUT2D eigenvalue weighted by Crippen LogP contribution is 2.22. The molecule has 3 nitrogen and oxygen atoms in total. The molecule has 2 rings (SSSR count). The number of nitrogens with zero attached hydrogens (tertiary/aromatic N) is 2. The predicted octanol–water partition coefficient (Wildman–Crippen LogP) is 3.74. The third-order valence-corrected chi connectivity index (χ3v) is 3.67. The third-order valence-electron chi connectivity index (χ3n) is 1.93. The molecule has 2 aromatic rings. The van der Waals surface area contributed by atoms with E-state index in [1.54, 1.807) is 17.5 Å². The molecule has 0 aliphatic carbocycles. The number of hydrazone groups is 1. The fourth-order valence-electron chi connectivity index (χ4n) is 1.13. The van der Waals surface area contributed by atoms with Gasteiger partial charge < -0.3 is 0 Å². The van der Waals surface area contributed by atoms with Gasteiger partial charge in [-0.15, -0.1) is 11.3 Å². The third kappa shape index (κ3) is 2.90. The lowest BCUT2D eigenvalue weighted by molar-refractivity contribution is 1.22. The zero-order valence-corrected chi connectivity index (χ0v) is 11.0. The van der Waals surface area contributed by atoms with Crippen LogP contribution in [0.1, 0.15) is 11.8 Å². The van der Waals surface area contributed by atoms with Crippen molar-refractivity contribution in [2.45, 2.75) is 6.92 Å². The van der Waals surface area contributed by atoms with Crippen molar-refractivity contribution in [1.29, 1.82) is 0 Å². The molecule has 0 bridgehead atoms. The van der Waals surface area contributed by atoms with Crippen LogP contribution in [-0.2, 0) is 0 Å². The van der Waals surface area contributed by atoms with Crippen LogP contribution in [0.4, 0.5) is 5.82 Å². The maximum absolute atomic E-state index is 4.27. The molecule has 2 heterocycles. The second kappa shape index (κ2) is 5.23. The number of rotatable bonds is 3. The number of pyridine rings is 1. The summed E-state index contributed by atoms with van der Waals surface area (Å²) in [5, 5.41) is 4.27. The number of nitrogens with one attached hydrogen (secondary N) is 1. The van der Waals surface area contributed by atoms with Gasteiger partial charge in [-0.3, -0.25) is 5.43 Å². The van der Waals surface area contributed by atoms with Crippen molar-refractivity contribution < 1.29 is 0 Å². The van der Waals surface area contributed by atoms with Crippen molar-refractivity contribution in [3.63, 3.8) is 0 Å².